The smallest absolute Gasteiger partial charge is 0.375 e. The Kier molecular flexibility index (Phi) is 33.2. The van der Waals surface area contributed by atoms with Gasteiger partial charge in [-0.05, 0) is 27.7 Å². The number of carboxylic acid groups (broad SMARTS) is 2. The van der Waals surface area contributed by atoms with Crippen molar-refractivity contribution in [1.82, 2.24) is 0 Å². The van der Waals surface area contributed by atoms with E-state index in [-0.39, 0.29) is 21.5 Å². The standard InChI is InChI=1S/C15H25F2N3O7.C13H21F2N3O7.C12H19F2NO7.CH4O.2CH4/c1-3-26-13(25)15(17)12(16)9(20-14(18)19)7(4-6(2)22)11(27-15)10(24)8(23)5-21;1-4(20)2-5-7(18-12(16)17)10(14)13(15,11(23)24)25-9(5)8(22)6(21)3-19;1-4(17)2-5-7(15)10(13)12(14,11(20)21)22-9(5)8(19)6(18)3-16;1-2;;/h7-12,21,23-24H,3-5H2,1-2H3,(H4,18,19,20);5-10,19,21-22H,2-3H2,1H3,(H,23,24)(H4,16,17,18);5-10,16,18-19H,2-3,15H2,1H3,(H,20,21);2H,1H3;2*1H4/p+1/t7-,8-,9+,10-,11?,12?,15-;5-,6-,7+,8-,9?,10?,13-;5-,6-,7+,8-,9?,10?,12-;;;/m111.../s1. The number of rotatable bonds is 21. The van der Waals surface area contributed by atoms with Gasteiger partial charge in [-0.3, -0.25) is 16.5 Å². The second-order valence-electron chi connectivity index (χ2n) is 17.4. The Morgan fingerprint density at radius 2 is 0.936 bits per heavy atom. The third kappa shape index (κ3) is 19.1. The summed E-state index contributed by atoms with van der Waals surface area (Å²) in [5, 5.41) is 110. The molecule has 0 aliphatic carbocycles. The molecule has 3 aliphatic heterocycles. The van der Waals surface area contributed by atoms with Crippen molar-refractivity contribution in [3.63, 3.8) is 0 Å². The maximum absolute atomic E-state index is 15.2. The highest BCUT2D eigenvalue weighted by Gasteiger charge is 2.66. The number of aliphatic imine (C=N–C) groups is 1. The summed E-state index contributed by atoms with van der Waals surface area (Å²) in [6.45, 7) is 1.64. The van der Waals surface area contributed by atoms with Crippen LogP contribution >= 0.6 is 0 Å². The fourth-order valence-electron chi connectivity index (χ4n) is 8.13. The van der Waals surface area contributed by atoms with Gasteiger partial charge in [-0.2, -0.15) is 13.2 Å². The number of Topliss-reactive ketones (excluding diaryl/α,β-unsaturated/α-hetero) is 3. The highest BCUT2D eigenvalue weighted by molar-refractivity contribution is 5.81. The SMILES string of the molecule is C.C.CC(=O)C[C@H]1C([C@H](O)[C@H](O)CO)O[C@@](F)(C(=O)O)C(F)[C@H]1N.CC(=O)C[C@H]1C([C@H](O)[C@H](O)CO)O[C@@](F)(C(=O)O)C(F)[C@H]1N=C(N)N.CCOC(=O)[C@]1(F)OC([C@H](O)[C@H](O)CO)[C@H](CC(C)=O)[C@H]([NH+]=C(N)N)C1F.CO. The van der Waals surface area contributed by atoms with E-state index in [4.69, 9.17) is 64.0 Å². The van der Waals surface area contributed by atoms with E-state index in [0.717, 1.165) is 27.9 Å². The Balaban J connectivity index is -0.00000106. The van der Waals surface area contributed by atoms with Crippen molar-refractivity contribution in [3.8, 4) is 0 Å². The fourth-order valence-corrected chi connectivity index (χ4v) is 8.13. The zero-order chi connectivity index (χ0) is 59.7. The summed E-state index contributed by atoms with van der Waals surface area (Å²) in [5.41, 5.74) is 26.4. The molecule has 3 heterocycles. The molecule has 0 saturated carbocycles. The number of aliphatic hydroxyl groups excluding tert-OH is 10. The summed E-state index contributed by atoms with van der Waals surface area (Å²) >= 11 is 0. The number of nitrogens with one attached hydrogen (secondary N) is 1. The van der Waals surface area contributed by atoms with Crippen LogP contribution in [0.5, 0.6) is 0 Å². The van der Waals surface area contributed by atoms with Crippen molar-refractivity contribution < 1.29 is 140 Å². The summed E-state index contributed by atoms with van der Waals surface area (Å²) in [6.07, 6.45) is -26.6. The zero-order valence-electron chi connectivity index (χ0n) is 41.4. The van der Waals surface area contributed by atoms with Gasteiger partial charge in [0, 0.05) is 50.2 Å². The molecule has 21 atom stereocenters. The first-order valence-electron chi connectivity index (χ1n) is 22.5. The first-order valence-corrected chi connectivity index (χ1v) is 22.5. The van der Waals surface area contributed by atoms with Gasteiger partial charge in [0.15, 0.2) is 18.3 Å². The lowest BCUT2D eigenvalue weighted by Gasteiger charge is -2.45. The molecule has 0 aromatic rings. The number of nitrogens with two attached hydrogens (primary N) is 5. The van der Waals surface area contributed by atoms with Crippen molar-refractivity contribution in [2.45, 2.75) is 171 Å². The van der Waals surface area contributed by atoms with Crippen LogP contribution in [0.3, 0.4) is 0 Å². The van der Waals surface area contributed by atoms with Gasteiger partial charge in [-0.1, -0.05) is 14.9 Å². The second kappa shape index (κ2) is 33.5. The molecule has 6 unspecified atom stereocenters. The largest absolute Gasteiger partial charge is 0.477 e. The van der Waals surface area contributed by atoms with E-state index in [9.17, 15) is 81.4 Å². The van der Waals surface area contributed by atoms with Crippen molar-refractivity contribution in [2.24, 2.45) is 51.4 Å². The molecule has 29 nitrogen and oxygen atoms in total. The van der Waals surface area contributed by atoms with Crippen molar-refractivity contribution in [2.75, 3.05) is 33.5 Å². The van der Waals surface area contributed by atoms with Crippen LogP contribution in [0.15, 0.2) is 4.99 Å². The number of aliphatic carboxylic acids is 2. The minimum Gasteiger partial charge on any atom is -0.477 e. The maximum atomic E-state index is 15.2. The van der Waals surface area contributed by atoms with E-state index in [1.54, 1.807) is 0 Å². The second-order valence-corrected chi connectivity index (χ2v) is 17.4. The lowest BCUT2D eigenvalue weighted by atomic mass is 9.78. The van der Waals surface area contributed by atoms with E-state index in [2.05, 4.69) is 24.2 Å². The number of hydrogen-bond acceptors (Lipinski definition) is 22. The predicted molar refractivity (Wildman–Crippen MR) is 254 cm³/mol. The molecule has 3 fully saturated rings. The third-order valence-corrected chi connectivity index (χ3v) is 11.7. The van der Waals surface area contributed by atoms with Gasteiger partial charge in [0.2, 0.25) is 6.17 Å². The van der Waals surface area contributed by atoms with Crippen LogP contribution in [-0.2, 0) is 47.7 Å². The molecular weight excluding hydrogens is 1080 g/mol. The van der Waals surface area contributed by atoms with E-state index in [0.29, 0.717) is 0 Å². The number of hydrogen-bond donors (Lipinski definition) is 18. The van der Waals surface area contributed by atoms with Crippen LogP contribution in [0.25, 0.3) is 0 Å². The van der Waals surface area contributed by atoms with E-state index < -0.39 is 213 Å². The quantitative estimate of drug-likeness (QED) is 0.0220. The number of ether oxygens (including phenoxy) is 4. The highest BCUT2D eigenvalue weighted by Crippen LogP contribution is 2.43. The fraction of sp³-hybridized carbons (Fsp3) is 0.814. The number of alkyl halides is 6. The summed E-state index contributed by atoms with van der Waals surface area (Å²) in [4.78, 5) is 74.0. The molecular formula is C43H78F6N7O22+. The molecule has 0 aromatic carbocycles. The predicted octanol–water partition coefficient (Wildman–Crippen LogP) is -7.60. The summed E-state index contributed by atoms with van der Waals surface area (Å²) in [5.74, 6) is -24.4. The number of carboxylic acids is 2. The van der Waals surface area contributed by atoms with E-state index in [1.165, 1.54) is 6.92 Å². The molecule has 23 N–H and O–H groups in total. The first-order chi connectivity index (χ1) is 35.0. The van der Waals surface area contributed by atoms with Gasteiger partial charge in [-0.15, -0.1) is 0 Å². The number of nitrogens with zero attached hydrogens (tertiary/aromatic N) is 1. The van der Waals surface area contributed by atoms with Crippen LogP contribution in [-0.4, -0.2) is 251 Å². The summed E-state index contributed by atoms with van der Waals surface area (Å²) in [7, 11) is 1.00. The normalized spacial score (nSPS) is 33.5. The minimum absolute atomic E-state index is 0. The minimum atomic E-state index is -3.93. The highest BCUT2D eigenvalue weighted by atomic mass is 19.2. The van der Waals surface area contributed by atoms with Gasteiger partial charge in [0.1, 0.15) is 60.0 Å². The van der Waals surface area contributed by atoms with Crippen LogP contribution in [0, 0.1) is 17.8 Å². The number of esters is 1. The Hall–Kier alpha value is -5.02. The Morgan fingerprint density at radius 3 is 1.27 bits per heavy atom. The molecule has 35 heteroatoms. The van der Waals surface area contributed by atoms with Crippen molar-refractivity contribution >= 4 is 47.2 Å². The topological polar surface area (TPSA) is 539 Å². The van der Waals surface area contributed by atoms with Crippen molar-refractivity contribution in [1.29, 1.82) is 0 Å². The molecule has 458 valence electrons. The van der Waals surface area contributed by atoms with Crippen LogP contribution in [0.2, 0.25) is 0 Å². The first kappa shape index (κ1) is 77.2. The number of guanidine groups is 2. The monoisotopic (exact) mass is 1160 g/mol. The summed E-state index contributed by atoms with van der Waals surface area (Å²) in [6, 6.07) is -5.31. The van der Waals surface area contributed by atoms with Crippen LogP contribution in [0.4, 0.5) is 26.3 Å². The van der Waals surface area contributed by atoms with Crippen LogP contribution < -0.4 is 33.7 Å². The van der Waals surface area contributed by atoms with E-state index >= 15 is 4.39 Å². The molecule has 0 aromatic heterocycles. The van der Waals surface area contributed by atoms with Gasteiger partial charge >= 0.3 is 41.4 Å². The molecule has 3 saturated heterocycles. The Morgan fingerprint density at radius 1 is 0.603 bits per heavy atom. The Bertz CT molecular complexity index is 1990. The lowest BCUT2D eigenvalue weighted by Crippen LogP contribution is -2.91. The molecule has 0 bridgehead atoms. The number of aliphatic hydroxyl groups is 10. The molecule has 3 rings (SSSR count). The average Bonchev–Trinajstić information content (AvgIpc) is 3.34. The van der Waals surface area contributed by atoms with Crippen LogP contribution in [0.1, 0.15) is 61.8 Å². The zero-order valence-corrected chi connectivity index (χ0v) is 41.4. The van der Waals surface area contributed by atoms with Gasteiger partial charge in [0.05, 0.1) is 50.8 Å². The van der Waals surface area contributed by atoms with Gasteiger partial charge < -0.3 is 112 Å². The maximum Gasteiger partial charge on any atom is 0.375 e. The van der Waals surface area contributed by atoms with Gasteiger partial charge in [0.25, 0.3) is 0 Å². The molecule has 78 heavy (non-hydrogen) atoms. The van der Waals surface area contributed by atoms with Crippen molar-refractivity contribution in [3.05, 3.63) is 0 Å². The molecule has 0 radical (unpaired) electrons. The lowest BCUT2D eigenvalue weighted by molar-refractivity contribution is -0.549. The molecule has 3 aliphatic rings. The number of carbonyl (C=O) groups excluding carboxylic acids is 4. The van der Waals surface area contributed by atoms with Gasteiger partial charge in [-0.25, -0.2) is 32.5 Å². The molecule has 0 amide bonds. The average molecular weight is 1160 g/mol. The number of ketones is 3. The molecule has 0 spiro atoms. The summed E-state index contributed by atoms with van der Waals surface area (Å²) < 4.78 is 106. The number of carbonyl (C=O) groups is 6. The Labute approximate surface area is 443 Å². The number of halogens is 6. The van der Waals surface area contributed by atoms with E-state index in [1.807, 2.05) is 0 Å². The third-order valence-electron chi connectivity index (χ3n) is 11.7.